The van der Waals surface area contributed by atoms with Crippen LogP contribution in [0.5, 0.6) is 0 Å². The molecule has 0 N–H and O–H groups in total. The minimum atomic E-state index is 0.179. The van der Waals surface area contributed by atoms with E-state index < -0.39 is 0 Å². The van der Waals surface area contributed by atoms with E-state index in [9.17, 15) is 0 Å². The van der Waals surface area contributed by atoms with Gasteiger partial charge in [0.2, 0.25) is 0 Å². The highest BCUT2D eigenvalue weighted by molar-refractivity contribution is 7.98. The van der Waals surface area contributed by atoms with Crippen LogP contribution in [0.3, 0.4) is 0 Å². The molecule has 0 aromatic heterocycles. The van der Waals surface area contributed by atoms with Gasteiger partial charge in [-0.15, -0.1) is 0 Å². The van der Waals surface area contributed by atoms with Crippen molar-refractivity contribution in [3.63, 3.8) is 0 Å². The molecular formula is C11H16S. The second kappa shape index (κ2) is 3.53. The predicted octanol–water partition coefficient (Wildman–Crippen LogP) is 3.43. The maximum absolute atomic E-state index is 4.13. The van der Waals surface area contributed by atoms with Gasteiger partial charge in [-0.2, -0.15) is 11.8 Å². The summed E-state index contributed by atoms with van der Waals surface area (Å²) in [6, 6.07) is 0. The third kappa shape index (κ3) is 1.66. The zero-order valence-corrected chi connectivity index (χ0v) is 8.87. The molecule has 66 valence electrons. The summed E-state index contributed by atoms with van der Waals surface area (Å²) in [6.07, 6.45) is 8.66. The first-order valence-electron chi connectivity index (χ1n) is 4.15. The molecule has 0 aromatic rings. The maximum atomic E-state index is 4.13. The van der Waals surface area contributed by atoms with Crippen molar-refractivity contribution in [2.24, 2.45) is 5.41 Å². The van der Waals surface area contributed by atoms with Gasteiger partial charge in [-0.3, -0.25) is 0 Å². The molecule has 0 heterocycles. The lowest BCUT2D eigenvalue weighted by Gasteiger charge is -2.30. The molecule has 1 rings (SSSR count). The molecule has 0 amide bonds. The van der Waals surface area contributed by atoms with Gasteiger partial charge in [0, 0.05) is 11.2 Å². The van der Waals surface area contributed by atoms with Crippen LogP contribution < -0.4 is 0 Å². The van der Waals surface area contributed by atoms with Crippen molar-refractivity contribution in [3.8, 4) is 0 Å². The van der Waals surface area contributed by atoms with Crippen LogP contribution in [0.25, 0.3) is 0 Å². The maximum Gasteiger partial charge on any atom is 0.0194 e. The highest BCUT2D eigenvalue weighted by atomic mass is 32.2. The first-order chi connectivity index (χ1) is 5.60. The number of hydrogen-bond donors (Lipinski definition) is 0. The third-order valence-corrected chi connectivity index (χ3v) is 3.31. The first-order valence-corrected chi connectivity index (χ1v) is 5.54. The molecule has 1 aliphatic carbocycles. The fourth-order valence-electron chi connectivity index (χ4n) is 1.49. The van der Waals surface area contributed by atoms with Crippen LogP contribution in [0.2, 0.25) is 0 Å². The smallest absolute Gasteiger partial charge is 0.0194 e. The summed E-state index contributed by atoms with van der Waals surface area (Å²) in [6.45, 7) is 8.51. The number of allylic oxidation sites excluding steroid dienone is 5. The SMILES string of the molecule is C=C1C(C)=CC=C[C@]1(C)CSC. The van der Waals surface area contributed by atoms with Crippen LogP contribution in [-0.4, -0.2) is 12.0 Å². The molecule has 12 heavy (non-hydrogen) atoms. The van der Waals surface area contributed by atoms with Gasteiger partial charge < -0.3 is 0 Å². The Bertz CT molecular complexity index is 248. The van der Waals surface area contributed by atoms with E-state index in [4.69, 9.17) is 0 Å². The minimum absolute atomic E-state index is 0.179. The average Bonchev–Trinajstić information content (AvgIpc) is 2.01. The van der Waals surface area contributed by atoms with Gasteiger partial charge in [0.05, 0.1) is 0 Å². The molecule has 0 radical (unpaired) electrons. The highest BCUT2D eigenvalue weighted by Gasteiger charge is 2.26. The van der Waals surface area contributed by atoms with Gasteiger partial charge in [-0.1, -0.05) is 31.7 Å². The second-order valence-corrected chi connectivity index (χ2v) is 4.40. The van der Waals surface area contributed by atoms with Gasteiger partial charge in [-0.25, -0.2) is 0 Å². The van der Waals surface area contributed by atoms with Gasteiger partial charge in [0.15, 0.2) is 0 Å². The van der Waals surface area contributed by atoms with Crippen LogP contribution in [0.4, 0.5) is 0 Å². The van der Waals surface area contributed by atoms with Gasteiger partial charge in [-0.05, 0) is 24.3 Å². The van der Waals surface area contributed by atoms with Crippen LogP contribution in [-0.2, 0) is 0 Å². The fourth-order valence-corrected chi connectivity index (χ4v) is 2.36. The summed E-state index contributed by atoms with van der Waals surface area (Å²) in [5, 5.41) is 0. The Morgan fingerprint density at radius 3 is 2.83 bits per heavy atom. The van der Waals surface area contributed by atoms with Gasteiger partial charge in [0.25, 0.3) is 0 Å². The van der Waals surface area contributed by atoms with E-state index in [0.717, 1.165) is 5.75 Å². The first kappa shape index (κ1) is 9.66. The third-order valence-electron chi connectivity index (χ3n) is 2.42. The van der Waals surface area contributed by atoms with E-state index in [-0.39, 0.29) is 5.41 Å². The number of rotatable bonds is 2. The van der Waals surface area contributed by atoms with E-state index in [1.54, 1.807) is 0 Å². The lowest BCUT2D eigenvalue weighted by molar-refractivity contribution is 0.597. The Balaban J connectivity index is 2.88. The molecular weight excluding hydrogens is 164 g/mol. The fraction of sp³-hybridized carbons (Fsp3) is 0.455. The van der Waals surface area contributed by atoms with E-state index in [0.29, 0.717) is 0 Å². The molecule has 0 nitrogen and oxygen atoms in total. The average molecular weight is 180 g/mol. The molecule has 0 aliphatic heterocycles. The minimum Gasteiger partial charge on any atom is -0.164 e. The Labute approximate surface area is 79.4 Å². The Kier molecular flexibility index (Phi) is 2.84. The van der Waals surface area contributed by atoms with Crippen LogP contribution in [0.15, 0.2) is 36.0 Å². The summed E-state index contributed by atoms with van der Waals surface area (Å²) in [4.78, 5) is 0. The topological polar surface area (TPSA) is 0 Å². The van der Waals surface area contributed by atoms with Crippen molar-refractivity contribution >= 4 is 11.8 Å². The Morgan fingerprint density at radius 2 is 2.25 bits per heavy atom. The van der Waals surface area contributed by atoms with Crippen molar-refractivity contribution in [1.82, 2.24) is 0 Å². The van der Waals surface area contributed by atoms with Gasteiger partial charge in [0.1, 0.15) is 0 Å². The largest absolute Gasteiger partial charge is 0.164 e. The second-order valence-electron chi connectivity index (χ2n) is 3.54. The van der Waals surface area contributed by atoms with Crippen molar-refractivity contribution < 1.29 is 0 Å². The number of hydrogen-bond acceptors (Lipinski definition) is 1. The molecule has 0 aromatic carbocycles. The molecule has 1 aliphatic rings. The molecule has 0 spiro atoms. The summed E-state index contributed by atoms with van der Waals surface area (Å²) >= 11 is 1.87. The molecule has 0 saturated carbocycles. The molecule has 1 atom stereocenters. The highest BCUT2D eigenvalue weighted by Crippen LogP contribution is 2.37. The molecule has 0 fully saturated rings. The molecule has 0 saturated heterocycles. The van der Waals surface area contributed by atoms with E-state index in [2.05, 4.69) is 44.9 Å². The van der Waals surface area contributed by atoms with Crippen molar-refractivity contribution in [1.29, 1.82) is 0 Å². The quantitative estimate of drug-likeness (QED) is 0.627. The molecule has 0 bridgehead atoms. The van der Waals surface area contributed by atoms with E-state index in [1.807, 2.05) is 11.8 Å². The summed E-state index contributed by atoms with van der Waals surface area (Å²) in [5.41, 5.74) is 2.76. The zero-order chi connectivity index (χ0) is 9.19. The molecule has 0 unspecified atom stereocenters. The molecule has 1 heteroatoms. The zero-order valence-electron chi connectivity index (χ0n) is 8.05. The van der Waals surface area contributed by atoms with E-state index >= 15 is 0 Å². The lowest BCUT2D eigenvalue weighted by Crippen LogP contribution is -2.21. The Morgan fingerprint density at radius 1 is 1.58 bits per heavy atom. The Hall–Kier alpha value is -0.430. The monoisotopic (exact) mass is 180 g/mol. The summed E-state index contributed by atoms with van der Waals surface area (Å²) < 4.78 is 0. The van der Waals surface area contributed by atoms with Crippen LogP contribution in [0, 0.1) is 5.41 Å². The van der Waals surface area contributed by atoms with Gasteiger partial charge >= 0.3 is 0 Å². The predicted molar refractivity (Wildman–Crippen MR) is 58.5 cm³/mol. The van der Waals surface area contributed by atoms with Crippen molar-refractivity contribution in [2.75, 3.05) is 12.0 Å². The summed E-state index contributed by atoms with van der Waals surface area (Å²) in [5.74, 6) is 1.12. The van der Waals surface area contributed by atoms with E-state index in [1.165, 1.54) is 11.1 Å². The van der Waals surface area contributed by atoms with Crippen molar-refractivity contribution in [3.05, 3.63) is 36.0 Å². The summed E-state index contributed by atoms with van der Waals surface area (Å²) in [7, 11) is 0. The van der Waals surface area contributed by atoms with Crippen LogP contribution >= 0.6 is 11.8 Å². The van der Waals surface area contributed by atoms with Crippen LogP contribution in [0.1, 0.15) is 13.8 Å². The standard InChI is InChI=1S/C11H16S/c1-9-6-5-7-11(3,8-12-4)10(9)2/h5-7H,2,8H2,1,3-4H3/t11-/m1/s1. The number of thioether (sulfide) groups is 1. The normalized spacial score (nSPS) is 28.9. The van der Waals surface area contributed by atoms with Crippen molar-refractivity contribution in [2.45, 2.75) is 13.8 Å². The lowest BCUT2D eigenvalue weighted by atomic mass is 9.78.